The molecule has 19 heavy (non-hydrogen) atoms. The summed E-state index contributed by atoms with van der Waals surface area (Å²) < 4.78 is 0. The van der Waals surface area contributed by atoms with Crippen molar-refractivity contribution in [3.63, 3.8) is 0 Å². The van der Waals surface area contributed by atoms with Crippen LogP contribution in [0.15, 0.2) is 24.3 Å². The fraction of sp³-hybridized carbons (Fsp3) is 0.588. The molecule has 1 aromatic rings. The quantitative estimate of drug-likeness (QED) is 0.882. The second-order valence-electron chi connectivity index (χ2n) is 6.01. The fourth-order valence-electron chi connectivity index (χ4n) is 3.08. The van der Waals surface area contributed by atoms with Gasteiger partial charge in [0.25, 0.3) is 0 Å². The van der Waals surface area contributed by atoms with Crippen LogP contribution in [0, 0.1) is 23.2 Å². The van der Waals surface area contributed by atoms with Crippen molar-refractivity contribution in [1.82, 2.24) is 5.32 Å². The molecule has 1 aromatic carbocycles. The van der Waals surface area contributed by atoms with E-state index < -0.39 is 0 Å². The van der Waals surface area contributed by atoms with Gasteiger partial charge in [-0.25, -0.2) is 0 Å². The Morgan fingerprint density at radius 1 is 1.42 bits per heavy atom. The Morgan fingerprint density at radius 2 is 2.26 bits per heavy atom. The first-order valence-electron chi connectivity index (χ1n) is 7.42. The summed E-state index contributed by atoms with van der Waals surface area (Å²) in [7, 11) is 0. The van der Waals surface area contributed by atoms with Crippen LogP contribution in [-0.2, 0) is 0 Å². The van der Waals surface area contributed by atoms with Crippen LogP contribution in [-0.4, -0.2) is 6.54 Å². The zero-order valence-electron chi connectivity index (χ0n) is 12.0. The lowest BCUT2D eigenvalue weighted by Crippen LogP contribution is -2.28. The van der Waals surface area contributed by atoms with Crippen molar-refractivity contribution in [3.8, 4) is 6.07 Å². The SMILES string of the molecule is CC1CCCC(CNC(C)c2cccc(C#N)c2)C1. The minimum absolute atomic E-state index is 0.325. The summed E-state index contributed by atoms with van der Waals surface area (Å²) in [6, 6.07) is 10.4. The highest BCUT2D eigenvalue weighted by Gasteiger charge is 2.19. The van der Waals surface area contributed by atoms with Crippen molar-refractivity contribution in [2.75, 3.05) is 6.54 Å². The minimum atomic E-state index is 0.325. The highest BCUT2D eigenvalue weighted by atomic mass is 14.9. The Bertz CT molecular complexity index is 447. The van der Waals surface area contributed by atoms with E-state index in [1.807, 2.05) is 18.2 Å². The maximum absolute atomic E-state index is 8.94. The van der Waals surface area contributed by atoms with Crippen LogP contribution >= 0.6 is 0 Å². The van der Waals surface area contributed by atoms with E-state index in [-0.39, 0.29) is 0 Å². The summed E-state index contributed by atoms with van der Waals surface area (Å²) in [5.41, 5.74) is 1.96. The third-order valence-electron chi connectivity index (χ3n) is 4.27. The molecule has 2 rings (SSSR count). The molecule has 1 fully saturated rings. The first-order valence-corrected chi connectivity index (χ1v) is 7.42. The Kier molecular flexibility index (Phi) is 4.99. The van der Waals surface area contributed by atoms with Crippen LogP contribution in [0.4, 0.5) is 0 Å². The lowest BCUT2D eigenvalue weighted by molar-refractivity contribution is 0.268. The lowest BCUT2D eigenvalue weighted by Gasteiger charge is -2.28. The van der Waals surface area contributed by atoms with Gasteiger partial charge < -0.3 is 5.32 Å². The molecule has 0 saturated heterocycles. The molecule has 0 aliphatic heterocycles. The van der Waals surface area contributed by atoms with Crippen LogP contribution in [0.2, 0.25) is 0 Å². The molecule has 2 heteroatoms. The van der Waals surface area contributed by atoms with E-state index in [0.717, 1.165) is 23.9 Å². The number of rotatable bonds is 4. The molecule has 0 aromatic heterocycles. The van der Waals surface area contributed by atoms with Crippen molar-refractivity contribution < 1.29 is 0 Å². The summed E-state index contributed by atoms with van der Waals surface area (Å²) in [5, 5.41) is 12.6. The molecule has 0 amide bonds. The van der Waals surface area contributed by atoms with Crippen LogP contribution in [0.3, 0.4) is 0 Å². The number of hydrogen-bond acceptors (Lipinski definition) is 2. The third kappa shape index (κ3) is 4.08. The zero-order valence-corrected chi connectivity index (χ0v) is 12.0. The van der Waals surface area contributed by atoms with Gasteiger partial charge in [0.15, 0.2) is 0 Å². The Morgan fingerprint density at radius 3 is 3.00 bits per heavy atom. The molecule has 1 aliphatic carbocycles. The number of nitrogens with zero attached hydrogens (tertiary/aromatic N) is 1. The van der Waals surface area contributed by atoms with E-state index in [1.165, 1.54) is 31.2 Å². The van der Waals surface area contributed by atoms with Gasteiger partial charge in [0, 0.05) is 6.04 Å². The van der Waals surface area contributed by atoms with E-state index in [4.69, 9.17) is 5.26 Å². The van der Waals surface area contributed by atoms with Gasteiger partial charge in [-0.2, -0.15) is 5.26 Å². The van der Waals surface area contributed by atoms with E-state index in [1.54, 1.807) is 0 Å². The first-order chi connectivity index (χ1) is 9.19. The molecule has 0 spiro atoms. The van der Waals surface area contributed by atoms with Gasteiger partial charge in [0.1, 0.15) is 0 Å². The molecular formula is C17H24N2. The molecule has 2 nitrogen and oxygen atoms in total. The molecule has 1 aliphatic rings. The second-order valence-corrected chi connectivity index (χ2v) is 6.01. The van der Waals surface area contributed by atoms with Crippen molar-refractivity contribution >= 4 is 0 Å². The lowest BCUT2D eigenvalue weighted by atomic mass is 9.82. The normalized spacial score (nSPS) is 24.7. The predicted octanol–water partition coefficient (Wildman–Crippen LogP) is 4.04. The van der Waals surface area contributed by atoms with Gasteiger partial charge in [-0.15, -0.1) is 0 Å². The molecule has 3 atom stereocenters. The molecule has 0 radical (unpaired) electrons. The standard InChI is InChI=1S/C17H24N2/c1-13-5-3-7-16(9-13)12-19-14(2)17-8-4-6-15(10-17)11-18/h4,6,8,10,13-14,16,19H,3,5,7,9,12H2,1-2H3. The summed E-state index contributed by atoms with van der Waals surface area (Å²) >= 11 is 0. The molecule has 0 heterocycles. The third-order valence-corrected chi connectivity index (χ3v) is 4.27. The van der Waals surface area contributed by atoms with Crippen LogP contribution in [0.5, 0.6) is 0 Å². The minimum Gasteiger partial charge on any atom is -0.310 e. The van der Waals surface area contributed by atoms with Gasteiger partial charge >= 0.3 is 0 Å². The Hall–Kier alpha value is -1.33. The maximum Gasteiger partial charge on any atom is 0.0991 e. The highest BCUT2D eigenvalue weighted by Crippen LogP contribution is 2.28. The summed E-state index contributed by atoms with van der Waals surface area (Å²) in [5.74, 6) is 1.71. The molecule has 1 saturated carbocycles. The van der Waals surface area contributed by atoms with Gasteiger partial charge in [0.05, 0.1) is 11.6 Å². The van der Waals surface area contributed by atoms with E-state index >= 15 is 0 Å². The summed E-state index contributed by atoms with van der Waals surface area (Å²) in [6.45, 7) is 5.65. The van der Waals surface area contributed by atoms with Crippen LogP contribution < -0.4 is 5.32 Å². The average Bonchev–Trinajstić information content (AvgIpc) is 2.45. The second kappa shape index (κ2) is 6.73. The molecule has 0 bridgehead atoms. The smallest absolute Gasteiger partial charge is 0.0991 e. The topological polar surface area (TPSA) is 35.8 Å². The largest absolute Gasteiger partial charge is 0.310 e. The molecule has 102 valence electrons. The van der Waals surface area contributed by atoms with Gasteiger partial charge in [-0.3, -0.25) is 0 Å². The molecule has 3 unspecified atom stereocenters. The Labute approximate surface area is 116 Å². The zero-order chi connectivity index (χ0) is 13.7. The Balaban J connectivity index is 1.86. The molecular weight excluding hydrogens is 232 g/mol. The van der Waals surface area contributed by atoms with Crippen molar-refractivity contribution in [1.29, 1.82) is 5.26 Å². The van der Waals surface area contributed by atoms with E-state index in [0.29, 0.717) is 6.04 Å². The fourth-order valence-corrected chi connectivity index (χ4v) is 3.08. The number of hydrogen-bond donors (Lipinski definition) is 1. The van der Waals surface area contributed by atoms with Crippen LogP contribution in [0.25, 0.3) is 0 Å². The number of nitrogens with one attached hydrogen (secondary N) is 1. The summed E-state index contributed by atoms with van der Waals surface area (Å²) in [4.78, 5) is 0. The van der Waals surface area contributed by atoms with Crippen molar-refractivity contribution in [2.45, 2.75) is 45.6 Å². The van der Waals surface area contributed by atoms with Crippen molar-refractivity contribution in [2.24, 2.45) is 11.8 Å². The molecule has 1 N–H and O–H groups in total. The average molecular weight is 256 g/mol. The van der Waals surface area contributed by atoms with E-state index in [9.17, 15) is 0 Å². The van der Waals surface area contributed by atoms with Gasteiger partial charge in [-0.1, -0.05) is 31.9 Å². The number of nitriles is 1. The number of benzene rings is 1. The highest BCUT2D eigenvalue weighted by molar-refractivity contribution is 5.33. The van der Waals surface area contributed by atoms with Gasteiger partial charge in [-0.05, 0) is 55.8 Å². The summed E-state index contributed by atoms with van der Waals surface area (Å²) in [6.07, 6.45) is 5.50. The van der Waals surface area contributed by atoms with Gasteiger partial charge in [0.2, 0.25) is 0 Å². The first kappa shape index (κ1) is 14.1. The van der Waals surface area contributed by atoms with Crippen LogP contribution in [0.1, 0.15) is 56.7 Å². The predicted molar refractivity (Wildman–Crippen MR) is 78.7 cm³/mol. The van der Waals surface area contributed by atoms with Crippen molar-refractivity contribution in [3.05, 3.63) is 35.4 Å². The monoisotopic (exact) mass is 256 g/mol. The maximum atomic E-state index is 8.94. The van der Waals surface area contributed by atoms with E-state index in [2.05, 4.69) is 31.3 Å².